The highest BCUT2D eigenvalue weighted by Crippen LogP contribution is 2.32. The number of sulfonamides is 1. The molecule has 12 heteroatoms. The lowest BCUT2D eigenvalue weighted by molar-refractivity contribution is 0.0595. The maximum atomic E-state index is 13.9. The molecular weight excluding hydrogens is 564 g/mol. The van der Waals surface area contributed by atoms with Gasteiger partial charge in [-0.15, -0.1) is 0 Å². The zero-order valence-corrected chi connectivity index (χ0v) is 24.9. The summed E-state index contributed by atoms with van der Waals surface area (Å²) < 4.78 is 28.7. The molecule has 0 bridgehead atoms. The van der Waals surface area contributed by atoms with Crippen molar-refractivity contribution in [1.82, 2.24) is 28.6 Å². The molecule has 4 heterocycles. The molecule has 3 aliphatic rings. The van der Waals surface area contributed by atoms with Crippen molar-refractivity contribution in [2.75, 3.05) is 52.4 Å². The van der Waals surface area contributed by atoms with Crippen LogP contribution >= 0.6 is 11.6 Å². The Hall–Kier alpha value is -2.99. The van der Waals surface area contributed by atoms with Gasteiger partial charge in [-0.25, -0.2) is 13.4 Å². The van der Waals surface area contributed by atoms with Gasteiger partial charge in [0.1, 0.15) is 10.8 Å². The van der Waals surface area contributed by atoms with Crippen LogP contribution in [0.3, 0.4) is 0 Å². The topological polar surface area (TPSA) is 99.1 Å². The molecule has 0 spiro atoms. The van der Waals surface area contributed by atoms with Crippen LogP contribution in [-0.2, 0) is 10.0 Å². The van der Waals surface area contributed by atoms with Crippen molar-refractivity contribution in [1.29, 1.82) is 0 Å². The molecule has 2 amide bonds. The minimum absolute atomic E-state index is 0.0166. The van der Waals surface area contributed by atoms with Gasteiger partial charge in [-0.1, -0.05) is 11.6 Å². The molecule has 41 heavy (non-hydrogen) atoms. The monoisotopic (exact) mass is 598 g/mol. The molecule has 1 aliphatic carbocycles. The number of halogens is 1. The molecule has 0 N–H and O–H groups in total. The molecule has 6 rings (SSSR count). The summed E-state index contributed by atoms with van der Waals surface area (Å²) in [5.41, 5.74) is 2.46. The number of amides is 2. The number of aromatic nitrogens is 2. The van der Waals surface area contributed by atoms with Gasteiger partial charge in [0.15, 0.2) is 0 Å². The number of pyridine rings is 1. The zero-order chi connectivity index (χ0) is 28.9. The molecule has 1 aromatic carbocycles. The summed E-state index contributed by atoms with van der Waals surface area (Å²) in [5, 5.41) is 0.849. The van der Waals surface area contributed by atoms with Crippen LogP contribution in [-0.4, -0.2) is 112 Å². The second-order valence-electron chi connectivity index (χ2n) is 11.3. The third kappa shape index (κ3) is 5.48. The summed E-state index contributed by atoms with van der Waals surface area (Å²) in [5.74, 6) is -0.214. The fourth-order valence-electron chi connectivity index (χ4n) is 5.79. The van der Waals surface area contributed by atoms with Gasteiger partial charge in [-0.2, -0.15) is 4.31 Å². The van der Waals surface area contributed by atoms with Gasteiger partial charge in [0.05, 0.1) is 22.7 Å². The van der Waals surface area contributed by atoms with E-state index in [1.165, 1.54) is 4.31 Å². The molecule has 0 unspecified atom stereocenters. The molecule has 2 aromatic heterocycles. The van der Waals surface area contributed by atoms with Crippen molar-refractivity contribution < 1.29 is 18.0 Å². The van der Waals surface area contributed by atoms with Crippen LogP contribution in [0.2, 0.25) is 5.15 Å². The van der Waals surface area contributed by atoms with Crippen molar-refractivity contribution in [2.24, 2.45) is 0 Å². The number of hydrogen-bond acceptors (Lipinski definition) is 6. The smallest absolute Gasteiger partial charge is 0.270 e. The first-order valence-electron chi connectivity index (χ1n) is 14.2. The van der Waals surface area contributed by atoms with E-state index in [2.05, 4.69) is 23.7 Å². The average Bonchev–Trinajstić information content (AvgIpc) is 3.78. The molecule has 2 saturated heterocycles. The van der Waals surface area contributed by atoms with Crippen molar-refractivity contribution in [2.45, 2.75) is 38.0 Å². The Labute approximate surface area is 245 Å². The Morgan fingerprint density at radius 3 is 2.15 bits per heavy atom. The number of piperazine rings is 2. The minimum atomic E-state index is -3.28. The van der Waals surface area contributed by atoms with E-state index in [-0.39, 0.29) is 30.2 Å². The summed E-state index contributed by atoms with van der Waals surface area (Å²) in [7, 11) is -3.28. The van der Waals surface area contributed by atoms with Crippen LogP contribution in [0.5, 0.6) is 0 Å². The Balaban J connectivity index is 1.29. The summed E-state index contributed by atoms with van der Waals surface area (Å²) in [4.78, 5) is 37.5. The molecule has 0 radical (unpaired) electrons. The van der Waals surface area contributed by atoms with Crippen LogP contribution in [0.1, 0.15) is 47.5 Å². The largest absolute Gasteiger partial charge is 0.336 e. The van der Waals surface area contributed by atoms with Crippen LogP contribution < -0.4 is 0 Å². The van der Waals surface area contributed by atoms with Crippen molar-refractivity contribution in [3.05, 3.63) is 59.0 Å². The van der Waals surface area contributed by atoms with Crippen LogP contribution in [0.4, 0.5) is 0 Å². The Bertz CT molecular complexity index is 1570. The number of carbonyl (C=O) groups is 2. The van der Waals surface area contributed by atoms with E-state index in [1.54, 1.807) is 23.2 Å². The first kappa shape index (κ1) is 28.1. The number of rotatable bonds is 6. The number of benzene rings is 1. The van der Waals surface area contributed by atoms with Gasteiger partial charge < -0.3 is 14.4 Å². The quantitative estimate of drug-likeness (QED) is 0.405. The third-order valence-electron chi connectivity index (χ3n) is 8.40. The predicted octanol–water partition coefficient (Wildman–Crippen LogP) is 3.10. The van der Waals surface area contributed by atoms with Crippen molar-refractivity contribution in [3.8, 4) is 5.69 Å². The maximum Gasteiger partial charge on any atom is 0.270 e. The second kappa shape index (κ2) is 11.0. The molecule has 0 atom stereocenters. The summed E-state index contributed by atoms with van der Waals surface area (Å²) in [6.45, 7) is 8.60. The highest BCUT2D eigenvalue weighted by molar-refractivity contribution is 7.90. The highest BCUT2D eigenvalue weighted by Gasteiger charge is 2.41. The number of carbonyl (C=O) groups excluding carboxylic acids is 2. The van der Waals surface area contributed by atoms with Crippen LogP contribution in [0.15, 0.2) is 42.6 Å². The van der Waals surface area contributed by atoms with E-state index in [4.69, 9.17) is 11.6 Å². The van der Waals surface area contributed by atoms with Gasteiger partial charge in [0, 0.05) is 69.3 Å². The first-order valence-corrected chi connectivity index (χ1v) is 16.1. The summed E-state index contributed by atoms with van der Waals surface area (Å²) in [6, 6.07) is 11.3. The van der Waals surface area contributed by atoms with Crippen LogP contribution in [0, 0.1) is 0 Å². The molecule has 2 aliphatic heterocycles. The normalized spacial score (nSPS) is 19.3. The molecular formula is C29H35ClN6O4S. The molecule has 1 saturated carbocycles. The number of fused-ring (bicyclic) bond motifs is 1. The fourth-order valence-corrected chi connectivity index (χ4v) is 7.73. The number of hydrogen-bond donors (Lipinski definition) is 0. The van der Waals surface area contributed by atoms with Crippen LogP contribution in [0.25, 0.3) is 16.6 Å². The summed E-state index contributed by atoms with van der Waals surface area (Å²) >= 11 is 6.05. The lowest BCUT2D eigenvalue weighted by Gasteiger charge is -2.37. The van der Waals surface area contributed by atoms with Gasteiger partial charge in [-0.05, 0) is 63.1 Å². The van der Waals surface area contributed by atoms with E-state index in [0.29, 0.717) is 54.3 Å². The lowest BCUT2D eigenvalue weighted by atomic mass is 10.1. The molecule has 218 valence electrons. The van der Waals surface area contributed by atoms with Gasteiger partial charge in [0.2, 0.25) is 10.0 Å². The lowest BCUT2D eigenvalue weighted by Crippen LogP contribution is -2.51. The Kier molecular flexibility index (Phi) is 7.56. The van der Waals surface area contributed by atoms with E-state index in [0.717, 1.165) is 36.8 Å². The average molecular weight is 599 g/mol. The maximum absolute atomic E-state index is 13.9. The molecule has 3 aromatic rings. The van der Waals surface area contributed by atoms with Gasteiger partial charge in [0.25, 0.3) is 11.8 Å². The van der Waals surface area contributed by atoms with E-state index in [9.17, 15) is 18.0 Å². The van der Waals surface area contributed by atoms with E-state index in [1.807, 2.05) is 33.7 Å². The second-order valence-corrected chi connectivity index (χ2v) is 13.9. The van der Waals surface area contributed by atoms with Crippen molar-refractivity contribution >= 4 is 44.3 Å². The minimum Gasteiger partial charge on any atom is -0.336 e. The summed E-state index contributed by atoms with van der Waals surface area (Å²) in [6.07, 6.45) is 3.05. The number of nitrogens with zero attached hydrogens (tertiary/aromatic N) is 6. The van der Waals surface area contributed by atoms with Gasteiger partial charge >= 0.3 is 0 Å². The Morgan fingerprint density at radius 2 is 1.54 bits per heavy atom. The molecule has 10 nitrogen and oxygen atoms in total. The highest BCUT2D eigenvalue weighted by atomic mass is 35.5. The van der Waals surface area contributed by atoms with E-state index < -0.39 is 10.0 Å². The fraction of sp³-hybridized carbons (Fsp3) is 0.483. The Morgan fingerprint density at radius 1 is 0.878 bits per heavy atom. The van der Waals surface area contributed by atoms with Gasteiger partial charge in [-0.3, -0.25) is 14.5 Å². The first-order chi connectivity index (χ1) is 19.6. The zero-order valence-electron chi connectivity index (χ0n) is 23.4. The third-order valence-corrected chi connectivity index (χ3v) is 11.0. The predicted molar refractivity (Wildman–Crippen MR) is 158 cm³/mol. The molecule has 3 fully saturated rings. The SMILES string of the molecule is CC(C)N1CCN(C(=O)c2ccc3c(c2)cc(C(=O)N2CCN(S(=O)(=O)C4CC4)CC2)n3-c2ccc(Cl)nc2)CC1. The van der Waals surface area contributed by atoms with Crippen molar-refractivity contribution in [3.63, 3.8) is 0 Å². The van der Waals surface area contributed by atoms with E-state index >= 15 is 0 Å². The standard InChI is InChI=1S/C29H35ClN6O4S/c1-20(2)32-9-11-33(12-10-32)28(37)21-3-7-25-22(17-21)18-26(36(25)23-4-8-27(30)31-19-23)29(38)34-13-15-35(16-14-34)41(39,40)24-5-6-24/h3-4,7-8,17-20,24H,5-6,9-16H2,1-2H3.